The van der Waals surface area contributed by atoms with Crippen molar-refractivity contribution in [3.05, 3.63) is 48.2 Å². The van der Waals surface area contributed by atoms with E-state index in [0.717, 1.165) is 24.5 Å². The zero-order chi connectivity index (χ0) is 18.8. The van der Waals surface area contributed by atoms with Crippen molar-refractivity contribution in [2.75, 3.05) is 31.4 Å². The third-order valence-electron chi connectivity index (χ3n) is 3.71. The molecule has 0 spiro atoms. The van der Waals surface area contributed by atoms with E-state index in [2.05, 4.69) is 20.4 Å². The molecule has 0 aliphatic rings. The number of aromatic nitrogens is 1. The van der Waals surface area contributed by atoms with Crippen LogP contribution in [-0.2, 0) is 20.7 Å². The normalized spacial score (nSPS) is 10.1. The van der Waals surface area contributed by atoms with Crippen LogP contribution in [0.4, 0.5) is 11.5 Å². The summed E-state index contributed by atoms with van der Waals surface area (Å²) in [4.78, 5) is 27.0. The van der Waals surface area contributed by atoms with Crippen LogP contribution in [0.3, 0.4) is 0 Å². The van der Waals surface area contributed by atoms with Gasteiger partial charge in [-0.25, -0.2) is 4.98 Å². The van der Waals surface area contributed by atoms with E-state index in [4.69, 9.17) is 4.74 Å². The van der Waals surface area contributed by atoms with E-state index in [0.29, 0.717) is 5.69 Å². The van der Waals surface area contributed by atoms with E-state index in [-0.39, 0.29) is 18.7 Å². The molecule has 0 saturated heterocycles. The molecule has 0 fully saturated rings. The number of pyridine rings is 1. The van der Waals surface area contributed by atoms with Gasteiger partial charge in [0.2, 0.25) is 5.91 Å². The third kappa shape index (κ3) is 6.43. The van der Waals surface area contributed by atoms with Crippen molar-refractivity contribution in [2.24, 2.45) is 0 Å². The minimum absolute atomic E-state index is 0.0563. The maximum atomic E-state index is 11.7. The number of hydrogen-bond acceptors (Lipinski definition) is 6. The fraction of sp³-hybridized carbons (Fsp3) is 0.316. The Morgan fingerprint density at radius 2 is 1.81 bits per heavy atom. The molecular formula is C19H23N3O4. The van der Waals surface area contributed by atoms with Crippen LogP contribution in [-0.4, -0.2) is 37.6 Å². The quantitative estimate of drug-likeness (QED) is 0.671. The Morgan fingerprint density at radius 1 is 1.04 bits per heavy atom. The summed E-state index contributed by atoms with van der Waals surface area (Å²) >= 11 is 0. The van der Waals surface area contributed by atoms with E-state index in [9.17, 15) is 9.59 Å². The van der Waals surface area contributed by atoms with Gasteiger partial charge in [0.1, 0.15) is 11.6 Å². The molecule has 0 atom stereocenters. The fourth-order valence-corrected chi connectivity index (χ4v) is 2.24. The highest BCUT2D eigenvalue weighted by Crippen LogP contribution is 2.13. The molecule has 0 bridgehead atoms. The maximum absolute atomic E-state index is 11.7. The van der Waals surface area contributed by atoms with Gasteiger partial charge in [-0.1, -0.05) is 12.1 Å². The molecule has 7 heteroatoms. The standard InChI is InChI=1S/C19H23N3O4/c1-25-16-6-3-14(4-7-16)11-12-20-17-8-5-15(13-21-17)22-18(23)9-10-19(24)26-2/h3-8,13H,9-12H2,1-2H3,(H,20,21)(H,22,23). The lowest BCUT2D eigenvalue weighted by Crippen LogP contribution is -2.14. The highest BCUT2D eigenvalue weighted by molar-refractivity contribution is 5.92. The highest BCUT2D eigenvalue weighted by atomic mass is 16.5. The summed E-state index contributed by atoms with van der Waals surface area (Å²) in [5.41, 5.74) is 1.79. The van der Waals surface area contributed by atoms with Gasteiger partial charge in [-0.2, -0.15) is 0 Å². The molecule has 7 nitrogen and oxygen atoms in total. The number of esters is 1. The number of carbonyl (C=O) groups is 2. The number of anilines is 2. The van der Waals surface area contributed by atoms with Crippen molar-refractivity contribution < 1.29 is 19.1 Å². The van der Waals surface area contributed by atoms with E-state index in [1.54, 1.807) is 25.4 Å². The van der Waals surface area contributed by atoms with Crippen LogP contribution in [0.2, 0.25) is 0 Å². The first-order chi connectivity index (χ1) is 12.6. The number of benzene rings is 1. The van der Waals surface area contributed by atoms with Crippen molar-refractivity contribution in [2.45, 2.75) is 19.3 Å². The van der Waals surface area contributed by atoms with E-state index >= 15 is 0 Å². The number of rotatable bonds is 9. The minimum atomic E-state index is -0.408. The van der Waals surface area contributed by atoms with Gasteiger partial charge in [0.05, 0.1) is 32.5 Å². The molecule has 0 unspecified atom stereocenters. The van der Waals surface area contributed by atoms with E-state index in [1.165, 1.54) is 12.7 Å². The summed E-state index contributed by atoms with van der Waals surface area (Å²) in [6, 6.07) is 11.5. The topological polar surface area (TPSA) is 89.6 Å². The van der Waals surface area contributed by atoms with Crippen molar-refractivity contribution in [1.29, 1.82) is 0 Å². The van der Waals surface area contributed by atoms with Gasteiger partial charge in [0, 0.05) is 13.0 Å². The number of nitrogens with zero attached hydrogens (tertiary/aromatic N) is 1. The molecular weight excluding hydrogens is 334 g/mol. The molecule has 1 aromatic heterocycles. The van der Waals surface area contributed by atoms with Crippen LogP contribution in [0.15, 0.2) is 42.6 Å². The maximum Gasteiger partial charge on any atom is 0.306 e. The molecule has 2 aromatic rings. The molecule has 0 radical (unpaired) electrons. The zero-order valence-electron chi connectivity index (χ0n) is 15.0. The van der Waals surface area contributed by atoms with Gasteiger partial charge in [-0.3, -0.25) is 9.59 Å². The van der Waals surface area contributed by atoms with Gasteiger partial charge < -0.3 is 20.1 Å². The molecule has 0 aliphatic heterocycles. The lowest BCUT2D eigenvalue weighted by Gasteiger charge is -2.08. The lowest BCUT2D eigenvalue weighted by molar-refractivity contribution is -0.141. The largest absolute Gasteiger partial charge is 0.497 e. The average Bonchev–Trinajstić information content (AvgIpc) is 2.68. The predicted molar refractivity (Wildman–Crippen MR) is 99.3 cm³/mol. The average molecular weight is 357 g/mol. The van der Waals surface area contributed by atoms with Crippen LogP contribution in [0, 0.1) is 0 Å². The molecule has 0 saturated carbocycles. The number of amides is 1. The number of hydrogen-bond donors (Lipinski definition) is 2. The lowest BCUT2D eigenvalue weighted by atomic mass is 10.1. The second-order valence-electron chi connectivity index (χ2n) is 5.58. The summed E-state index contributed by atoms with van der Waals surface area (Å²) in [7, 11) is 2.94. The van der Waals surface area contributed by atoms with E-state index in [1.807, 2.05) is 24.3 Å². The van der Waals surface area contributed by atoms with Crippen molar-refractivity contribution >= 4 is 23.4 Å². The van der Waals surface area contributed by atoms with Crippen LogP contribution >= 0.6 is 0 Å². The van der Waals surface area contributed by atoms with Gasteiger partial charge in [0.15, 0.2) is 0 Å². The molecule has 2 rings (SSSR count). The van der Waals surface area contributed by atoms with Crippen LogP contribution in [0.5, 0.6) is 5.75 Å². The smallest absolute Gasteiger partial charge is 0.306 e. The zero-order valence-corrected chi connectivity index (χ0v) is 15.0. The number of ether oxygens (including phenoxy) is 2. The Morgan fingerprint density at radius 3 is 2.42 bits per heavy atom. The number of methoxy groups -OCH3 is 2. The van der Waals surface area contributed by atoms with Crippen molar-refractivity contribution in [3.63, 3.8) is 0 Å². The van der Waals surface area contributed by atoms with Gasteiger partial charge >= 0.3 is 5.97 Å². The third-order valence-corrected chi connectivity index (χ3v) is 3.71. The minimum Gasteiger partial charge on any atom is -0.497 e. The Balaban J connectivity index is 1.74. The van der Waals surface area contributed by atoms with Crippen LogP contribution in [0.25, 0.3) is 0 Å². The summed E-state index contributed by atoms with van der Waals surface area (Å²) in [5, 5.41) is 5.93. The second-order valence-corrected chi connectivity index (χ2v) is 5.58. The second kappa shape index (κ2) is 10.0. The van der Waals surface area contributed by atoms with Crippen LogP contribution < -0.4 is 15.4 Å². The molecule has 2 N–H and O–H groups in total. The number of carbonyl (C=O) groups excluding carboxylic acids is 2. The summed E-state index contributed by atoms with van der Waals surface area (Å²) in [6.07, 6.45) is 2.57. The molecule has 1 amide bonds. The first kappa shape index (κ1) is 19.2. The monoisotopic (exact) mass is 357 g/mol. The first-order valence-electron chi connectivity index (χ1n) is 8.30. The van der Waals surface area contributed by atoms with Gasteiger partial charge in [0.25, 0.3) is 0 Å². The Bertz CT molecular complexity index is 715. The summed E-state index contributed by atoms with van der Waals surface area (Å²) in [6.45, 7) is 0.740. The number of nitrogens with one attached hydrogen (secondary N) is 2. The first-order valence-corrected chi connectivity index (χ1v) is 8.30. The Kier molecular flexibility index (Phi) is 7.42. The van der Waals surface area contributed by atoms with E-state index < -0.39 is 5.97 Å². The SMILES string of the molecule is COC(=O)CCC(=O)Nc1ccc(NCCc2ccc(OC)cc2)nc1. The molecule has 1 aromatic carbocycles. The fourth-order valence-electron chi connectivity index (χ4n) is 2.24. The van der Waals surface area contributed by atoms with Crippen molar-refractivity contribution in [3.8, 4) is 5.75 Å². The van der Waals surface area contributed by atoms with Gasteiger partial charge in [-0.15, -0.1) is 0 Å². The highest BCUT2D eigenvalue weighted by Gasteiger charge is 2.07. The molecule has 26 heavy (non-hydrogen) atoms. The Labute approximate surface area is 152 Å². The van der Waals surface area contributed by atoms with Crippen molar-refractivity contribution in [1.82, 2.24) is 4.98 Å². The predicted octanol–water partition coefficient (Wildman–Crippen LogP) is 2.64. The summed E-state index contributed by atoms with van der Waals surface area (Å²) < 4.78 is 9.64. The Hall–Kier alpha value is -3.09. The molecule has 1 heterocycles. The van der Waals surface area contributed by atoms with Crippen LogP contribution in [0.1, 0.15) is 18.4 Å². The molecule has 138 valence electrons. The summed E-state index contributed by atoms with van der Waals surface area (Å²) in [5.74, 6) is 0.908. The molecule has 0 aliphatic carbocycles. The van der Waals surface area contributed by atoms with Gasteiger partial charge in [-0.05, 0) is 36.2 Å².